The van der Waals surface area contributed by atoms with Gasteiger partial charge in [0.05, 0.1) is 12.5 Å². The smallest absolute Gasteiger partial charge is 0.231 e. The number of carbonyl (C=O) groups is 3. The third-order valence-electron chi connectivity index (χ3n) is 5.25. The molecule has 0 saturated carbocycles. The molecule has 0 fully saturated rings. The van der Waals surface area contributed by atoms with E-state index in [1.54, 1.807) is 12.4 Å². The van der Waals surface area contributed by atoms with Crippen LogP contribution in [0, 0.1) is 0 Å². The average Bonchev–Trinajstić information content (AvgIpc) is 2.72. The first-order valence-electron chi connectivity index (χ1n) is 10.8. The maximum absolute atomic E-state index is 13.9. The summed E-state index contributed by atoms with van der Waals surface area (Å²) in [5, 5.41) is 2.67. The van der Waals surface area contributed by atoms with Crippen LogP contribution in [0.2, 0.25) is 0 Å². The van der Waals surface area contributed by atoms with Crippen LogP contribution in [0.4, 0.5) is 0 Å². The third-order valence-corrected chi connectivity index (χ3v) is 5.25. The van der Waals surface area contributed by atoms with E-state index in [0.29, 0.717) is 0 Å². The molecule has 1 N–H and O–H groups in total. The van der Waals surface area contributed by atoms with Crippen LogP contribution in [0.15, 0.2) is 54.9 Å². The van der Waals surface area contributed by atoms with Crippen molar-refractivity contribution in [3.63, 3.8) is 0 Å². The number of amides is 2. The number of Topliss-reactive ketones (excluding diaryl/α,β-unsaturated/α-hetero) is 1. The van der Waals surface area contributed by atoms with Crippen molar-refractivity contribution in [1.29, 1.82) is 0 Å². The first-order valence-corrected chi connectivity index (χ1v) is 10.8. The molecule has 6 heteroatoms. The summed E-state index contributed by atoms with van der Waals surface area (Å²) in [5.74, 6) is -1.39. The van der Waals surface area contributed by atoms with Gasteiger partial charge in [-0.1, -0.05) is 36.4 Å². The number of ketones is 1. The number of benzene rings is 1. The van der Waals surface area contributed by atoms with Gasteiger partial charge in [0, 0.05) is 36.8 Å². The summed E-state index contributed by atoms with van der Waals surface area (Å²) >= 11 is 0. The minimum Gasteiger partial charge on any atom is -0.349 e. The van der Waals surface area contributed by atoms with Gasteiger partial charge in [0.1, 0.15) is 5.78 Å². The standard InChI is InChI=1S/C25H33N3O3/c1-17(2)28(18(3)4)25(31)24(21-12-9-13-26-16-21)22(20-10-7-6-8-11-20)14-23(30)27-15-19(5)29/h6-13,16-18,22,24H,14-15H2,1-5H3,(H,27,30). The predicted molar refractivity (Wildman–Crippen MR) is 122 cm³/mol. The van der Waals surface area contributed by atoms with Crippen LogP contribution >= 0.6 is 0 Å². The number of pyridine rings is 1. The normalized spacial score (nSPS) is 13.0. The number of nitrogens with zero attached hydrogens (tertiary/aromatic N) is 2. The molecule has 2 unspecified atom stereocenters. The van der Waals surface area contributed by atoms with Crippen LogP contribution in [0.25, 0.3) is 0 Å². The van der Waals surface area contributed by atoms with Crippen molar-refractivity contribution in [2.75, 3.05) is 6.54 Å². The predicted octanol–water partition coefficient (Wildman–Crippen LogP) is 3.69. The molecule has 0 saturated heterocycles. The lowest BCUT2D eigenvalue weighted by atomic mass is 9.78. The Labute approximate surface area is 185 Å². The van der Waals surface area contributed by atoms with Gasteiger partial charge in [0.15, 0.2) is 0 Å². The lowest BCUT2D eigenvalue weighted by molar-refractivity contribution is -0.137. The Bertz CT molecular complexity index is 858. The summed E-state index contributed by atoms with van der Waals surface area (Å²) < 4.78 is 0. The van der Waals surface area contributed by atoms with E-state index in [9.17, 15) is 14.4 Å². The van der Waals surface area contributed by atoms with Crippen LogP contribution in [0.3, 0.4) is 0 Å². The number of hydrogen-bond donors (Lipinski definition) is 1. The highest BCUT2D eigenvalue weighted by Gasteiger charge is 2.37. The quantitative estimate of drug-likeness (QED) is 0.632. The molecule has 0 radical (unpaired) electrons. The van der Waals surface area contributed by atoms with Crippen LogP contribution < -0.4 is 5.32 Å². The van der Waals surface area contributed by atoms with Gasteiger partial charge >= 0.3 is 0 Å². The van der Waals surface area contributed by atoms with Crippen LogP contribution in [-0.4, -0.2) is 46.1 Å². The van der Waals surface area contributed by atoms with Gasteiger partial charge in [-0.3, -0.25) is 19.4 Å². The van der Waals surface area contributed by atoms with E-state index in [1.807, 2.05) is 75.1 Å². The second-order valence-corrected chi connectivity index (χ2v) is 8.40. The first-order chi connectivity index (χ1) is 14.7. The largest absolute Gasteiger partial charge is 0.349 e. The molecular formula is C25H33N3O3. The zero-order valence-electron chi connectivity index (χ0n) is 19.0. The van der Waals surface area contributed by atoms with Crippen LogP contribution in [0.5, 0.6) is 0 Å². The van der Waals surface area contributed by atoms with Gasteiger partial charge < -0.3 is 10.2 Å². The van der Waals surface area contributed by atoms with E-state index in [0.717, 1.165) is 11.1 Å². The lowest BCUT2D eigenvalue weighted by Crippen LogP contribution is -2.46. The summed E-state index contributed by atoms with van der Waals surface area (Å²) in [5.41, 5.74) is 1.67. The van der Waals surface area contributed by atoms with Crippen molar-refractivity contribution in [2.24, 2.45) is 0 Å². The van der Waals surface area contributed by atoms with E-state index < -0.39 is 11.8 Å². The van der Waals surface area contributed by atoms with Gasteiger partial charge in [0.2, 0.25) is 11.8 Å². The zero-order chi connectivity index (χ0) is 23.0. The Morgan fingerprint density at radius 3 is 2.06 bits per heavy atom. The number of hydrogen-bond acceptors (Lipinski definition) is 4. The molecule has 2 rings (SSSR count). The molecule has 1 aromatic heterocycles. The Hall–Kier alpha value is -3.02. The molecule has 31 heavy (non-hydrogen) atoms. The fraction of sp³-hybridized carbons (Fsp3) is 0.440. The van der Waals surface area contributed by atoms with Crippen molar-refractivity contribution >= 4 is 17.6 Å². The van der Waals surface area contributed by atoms with Crippen molar-refractivity contribution in [3.8, 4) is 0 Å². The molecule has 1 heterocycles. The highest BCUT2D eigenvalue weighted by Crippen LogP contribution is 2.38. The third kappa shape index (κ3) is 6.74. The molecule has 166 valence electrons. The molecule has 0 bridgehead atoms. The van der Waals surface area contributed by atoms with E-state index in [1.165, 1.54) is 6.92 Å². The molecular weight excluding hydrogens is 390 g/mol. The Balaban J connectivity index is 2.54. The highest BCUT2D eigenvalue weighted by atomic mass is 16.2. The van der Waals surface area contributed by atoms with E-state index in [-0.39, 0.29) is 42.6 Å². The van der Waals surface area contributed by atoms with E-state index in [2.05, 4.69) is 10.3 Å². The lowest BCUT2D eigenvalue weighted by Gasteiger charge is -2.37. The van der Waals surface area contributed by atoms with Gasteiger partial charge in [-0.25, -0.2) is 0 Å². The summed E-state index contributed by atoms with van der Waals surface area (Å²) in [6, 6.07) is 13.3. The van der Waals surface area contributed by atoms with Crippen LogP contribution in [-0.2, 0) is 14.4 Å². The molecule has 2 amide bonds. The monoisotopic (exact) mass is 423 g/mol. The molecule has 2 aromatic rings. The van der Waals surface area contributed by atoms with Crippen molar-refractivity contribution in [1.82, 2.24) is 15.2 Å². The van der Waals surface area contributed by atoms with Gasteiger partial charge in [-0.2, -0.15) is 0 Å². The summed E-state index contributed by atoms with van der Waals surface area (Å²) in [4.78, 5) is 44.0. The highest BCUT2D eigenvalue weighted by molar-refractivity contribution is 5.88. The van der Waals surface area contributed by atoms with Crippen molar-refractivity contribution in [2.45, 2.75) is 65.0 Å². The molecule has 0 aliphatic heterocycles. The summed E-state index contributed by atoms with van der Waals surface area (Å²) in [6.45, 7) is 9.39. The first kappa shape index (κ1) is 24.3. The van der Waals surface area contributed by atoms with Gasteiger partial charge in [0.25, 0.3) is 0 Å². The Kier molecular flexibility index (Phi) is 8.91. The number of rotatable bonds is 10. The number of aromatic nitrogens is 1. The Morgan fingerprint density at radius 2 is 1.55 bits per heavy atom. The van der Waals surface area contributed by atoms with Crippen LogP contribution in [0.1, 0.15) is 64.0 Å². The Morgan fingerprint density at radius 1 is 0.935 bits per heavy atom. The minimum absolute atomic E-state index is 0.00892. The summed E-state index contributed by atoms with van der Waals surface area (Å²) in [6.07, 6.45) is 3.46. The fourth-order valence-electron chi connectivity index (χ4n) is 4.00. The molecule has 0 aliphatic rings. The van der Waals surface area contributed by atoms with Gasteiger partial charge in [-0.15, -0.1) is 0 Å². The van der Waals surface area contributed by atoms with Crippen molar-refractivity contribution in [3.05, 3.63) is 66.0 Å². The SMILES string of the molecule is CC(=O)CNC(=O)CC(c1ccccc1)C(C(=O)N(C(C)C)C(C)C)c1cccnc1. The maximum atomic E-state index is 13.9. The molecule has 0 aliphatic carbocycles. The maximum Gasteiger partial charge on any atom is 0.231 e. The minimum atomic E-state index is -0.580. The topological polar surface area (TPSA) is 79.4 Å². The van der Waals surface area contributed by atoms with E-state index in [4.69, 9.17) is 0 Å². The summed E-state index contributed by atoms with van der Waals surface area (Å²) in [7, 11) is 0. The number of nitrogens with one attached hydrogen (secondary N) is 1. The zero-order valence-corrected chi connectivity index (χ0v) is 19.0. The molecule has 2 atom stereocenters. The molecule has 1 aromatic carbocycles. The molecule has 0 spiro atoms. The number of carbonyl (C=O) groups excluding carboxylic acids is 3. The second-order valence-electron chi connectivity index (χ2n) is 8.40. The second kappa shape index (κ2) is 11.4. The van der Waals surface area contributed by atoms with Gasteiger partial charge in [-0.05, 0) is 51.8 Å². The molecule has 6 nitrogen and oxygen atoms in total. The van der Waals surface area contributed by atoms with Crippen molar-refractivity contribution < 1.29 is 14.4 Å². The fourth-order valence-corrected chi connectivity index (χ4v) is 4.00. The van der Waals surface area contributed by atoms with E-state index >= 15 is 0 Å². The average molecular weight is 424 g/mol.